The van der Waals surface area contributed by atoms with Gasteiger partial charge in [0.2, 0.25) is 0 Å². The van der Waals surface area contributed by atoms with Crippen LogP contribution in [0.4, 0.5) is 4.39 Å². The first kappa shape index (κ1) is 10.3. The highest BCUT2D eigenvalue weighted by Gasteiger charge is 2.34. The van der Waals surface area contributed by atoms with E-state index < -0.39 is 0 Å². The van der Waals surface area contributed by atoms with Crippen molar-refractivity contribution in [2.45, 2.75) is 37.6 Å². The molecule has 0 bridgehead atoms. The zero-order valence-corrected chi connectivity index (χ0v) is 9.45. The molecule has 2 fully saturated rings. The molecule has 0 aromatic heterocycles. The van der Waals surface area contributed by atoms with Crippen molar-refractivity contribution in [3.63, 3.8) is 0 Å². The van der Waals surface area contributed by atoms with E-state index in [1.165, 1.54) is 25.7 Å². The zero-order valence-electron chi connectivity index (χ0n) is 9.45. The van der Waals surface area contributed by atoms with E-state index in [2.05, 4.69) is 5.32 Å². The van der Waals surface area contributed by atoms with Gasteiger partial charge in [0.15, 0.2) is 0 Å². The van der Waals surface area contributed by atoms with E-state index in [0.29, 0.717) is 17.9 Å². The maximum Gasteiger partial charge on any atom is 0.126 e. The molecule has 2 aliphatic carbocycles. The molecule has 1 aromatic carbocycles. The van der Waals surface area contributed by atoms with Gasteiger partial charge in [-0.3, -0.25) is 0 Å². The van der Waals surface area contributed by atoms with Crippen LogP contribution in [0, 0.1) is 11.7 Å². The average molecular weight is 219 g/mol. The zero-order chi connectivity index (χ0) is 11.0. The minimum atomic E-state index is -0.0306. The van der Waals surface area contributed by atoms with Crippen molar-refractivity contribution < 1.29 is 4.39 Å². The minimum absolute atomic E-state index is 0.0306. The lowest BCUT2D eigenvalue weighted by molar-refractivity contribution is 0.502. The molecule has 3 rings (SSSR count). The Morgan fingerprint density at radius 2 is 1.94 bits per heavy atom. The van der Waals surface area contributed by atoms with Crippen molar-refractivity contribution in [3.8, 4) is 0 Å². The van der Waals surface area contributed by atoms with Gasteiger partial charge >= 0.3 is 0 Å². The molecule has 86 valence electrons. The maximum atomic E-state index is 13.7. The minimum Gasteiger partial charge on any atom is -0.313 e. The van der Waals surface area contributed by atoms with Crippen LogP contribution in [-0.2, 0) is 0 Å². The number of hydrogen-bond acceptors (Lipinski definition) is 1. The summed E-state index contributed by atoms with van der Waals surface area (Å²) in [6, 6.07) is 7.98. The van der Waals surface area contributed by atoms with Gasteiger partial charge in [0.05, 0.1) is 0 Å². The van der Waals surface area contributed by atoms with E-state index in [4.69, 9.17) is 0 Å². The van der Waals surface area contributed by atoms with Gasteiger partial charge in [0.1, 0.15) is 5.82 Å². The summed E-state index contributed by atoms with van der Waals surface area (Å²) in [6.45, 7) is 0.955. The lowest BCUT2D eigenvalue weighted by Crippen LogP contribution is -2.25. The highest BCUT2D eigenvalue weighted by atomic mass is 19.1. The van der Waals surface area contributed by atoms with Crippen LogP contribution in [0.25, 0.3) is 0 Å². The number of halogens is 1. The molecule has 16 heavy (non-hydrogen) atoms. The summed E-state index contributed by atoms with van der Waals surface area (Å²) >= 11 is 0. The van der Waals surface area contributed by atoms with Crippen LogP contribution >= 0.6 is 0 Å². The molecular formula is C14H18FN. The Balaban J connectivity index is 1.73. The summed E-state index contributed by atoms with van der Waals surface area (Å²) in [5.74, 6) is 1.07. The fraction of sp³-hybridized carbons (Fsp3) is 0.571. The van der Waals surface area contributed by atoms with Crippen LogP contribution < -0.4 is 5.32 Å². The Hall–Kier alpha value is -0.890. The fourth-order valence-corrected chi connectivity index (χ4v) is 2.39. The number of nitrogens with one attached hydrogen (secondary N) is 1. The first-order valence-corrected chi connectivity index (χ1v) is 6.32. The molecule has 1 N–H and O–H groups in total. The molecule has 0 saturated heterocycles. The van der Waals surface area contributed by atoms with Crippen LogP contribution in [0.15, 0.2) is 24.3 Å². The Kier molecular flexibility index (Phi) is 2.68. The molecule has 1 nitrogen and oxygen atoms in total. The van der Waals surface area contributed by atoms with Crippen LogP contribution in [0.3, 0.4) is 0 Å². The summed E-state index contributed by atoms with van der Waals surface area (Å²) in [4.78, 5) is 0. The van der Waals surface area contributed by atoms with Crippen molar-refractivity contribution in [1.29, 1.82) is 0 Å². The first-order chi connectivity index (χ1) is 7.84. The van der Waals surface area contributed by atoms with Crippen LogP contribution in [0.1, 0.15) is 37.2 Å². The van der Waals surface area contributed by atoms with Gasteiger partial charge in [-0.1, -0.05) is 18.2 Å². The van der Waals surface area contributed by atoms with Gasteiger partial charge in [0.25, 0.3) is 0 Å². The first-order valence-electron chi connectivity index (χ1n) is 6.32. The van der Waals surface area contributed by atoms with Crippen LogP contribution in [-0.4, -0.2) is 12.6 Å². The van der Waals surface area contributed by atoms with Gasteiger partial charge in [-0.05, 0) is 43.2 Å². The van der Waals surface area contributed by atoms with E-state index >= 15 is 0 Å². The average Bonchev–Trinajstić information content (AvgIpc) is 3.15. The van der Waals surface area contributed by atoms with Crippen molar-refractivity contribution in [2.24, 2.45) is 5.92 Å². The molecule has 0 spiro atoms. The second-order valence-corrected chi connectivity index (χ2v) is 5.15. The fourth-order valence-electron chi connectivity index (χ4n) is 2.39. The van der Waals surface area contributed by atoms with Gasteiger partial charge in [0, 0.05) is 18.5 Å². The van der Waals surface area contributed by atoms with E-state index in [-0.39, 0.29) is 5.82 Å². The molecule has 1 atom stereocenters. The molecule has 2 aliphatic rings. The largest absolute Gasteiger partial charge is 0.313 e. The normalized spacial score (nSPS) is 22.1. The summed E-state index contributed by atoms with van der Waals surface area (Å²) in [7, 11) is 0. The Labute approximate surface area is 96.1 Å². The smallest absolute Gasteiger partial charge is 0.126 e. The van der Waals surface area contributed by atoms with Gasteiger partial charge in [-0.25, -0.2) is 4.39 Å². The summed E-state index contributed by atoms with van der Waals surface area (Å²) < 4.78 is 13.7. The highest BCUT2D eigenvalue weighted by Crippen LogP contribution is 2.43. The van der Waals surface area contributed by atoms with Crippen LogP contribution in [0.5, 0.6) is 0 Å². The van der Waals surface area contributed by atoms with Crippen LogP contribution in [0.2, 0.25) is 0 Å². The molecule has 2 heteroatoms. The molecule has 0 heterocycles. The number of rotatable bonds is 5. The van der Waals surface area contributed by atoms with E-state index in [9.17, 15) is 4.39 Å². The van der Waals surface area contributed by atoms with Crippen molar-refractivity contribution in [2.75, 3.05) is 6.54 Å². The standard InChI is InChI=1S/C14H18FN/c15-14-4-2-1-3-12(14)13(10-5-6-10)9-16-11-7-8-11/h1-4,10-11,13,16H,5-9H2. The Morgan fingerprint density at radius 3 is 2.56 bits per heavy atom. The van der Waals surface area contributed by atoms with E-state index in [1.54, 1.807) is 12.1 Å². The van der Waals surface area contributed by atoms with E-state index in [1.807, 2.05) is 12.1 Å². The molecule has 0 aliphatic heterocycles. The highest BCUT2D eigenvalue weighted by molar-refractivity contribution is 5.24. The predicted molar refractivity (Wildman–Crippen MR) is 62.9 cm³/mol. The van der Waals surface area contributed by atoms with Crippen molar-refractivity contribution >= 4 is 0 Å². The summed E-state index contributed by atoms with van der Waals surface area (Å²) in [6.07, 6.45) is 5.14. The maximum absolute atomic E-state index is 13.7. The number of hydrogen-bond donors (Lipinski definition) is 1. The summed E-state index contributed by atoms with van der Waals surface area (Å²) in [5.41, 5.74) is 0.915. The molecule has 0 amide bonds. The second-order valence-electron chi connectivity index (χ2n) is 5.15. The third-order valence-corrected chi connectivity index (χ3v) is 3.70. The van der Waals surface area contributed by atoms with Crippen molar-refractivity contribution in [1.82, 2.24) is 5.32 Å². The molecule has 1 aromatic rings. The van der Waals surface area contributed by atoms with Gasteiger partial charge in [-0.15, -0.1) is 0 Å². The Morgan fingerprint density at radius 1 is 1.19 bits per heavy atom. The van der Waals surface area contributed by atoms with Gasteiger partial charge < -0.3 is 5.32 Å². The Bertz CT molecular complexity index is 369. The third kappa shape index (κ3) is 2.27. The van der Waals surface area contributed by atoms with Gasteiger partial charge in [-0.2, -0.15) is 0 Å². The predicted octanol–water partition coefficient (Wildman–Crippen LogP) is 3.07. The summed E-state index contributed by atoms with van der Waals surface area (Å²) in [5, 5.41) is 3.54. The molecule has 0 radical (unpaired) electrons. The van der Waals surface area contributed by atoms with Crippen molar-refractivity contribution in [3.05, 3.63) is 35.6 Å². The monoisotopic (exact) mass is 219 g/mol. The number of benzene rings is 1. The molecular weight excluding hydrogens is 201 g/mol. The molecule has 2 saturated carbocycles. The third-order valence-electron chi connectivity index (χ3n) is 3.70. The molecule has 1 unspecified atom stereocenters. The quantitative estimate of drug-likeness (QED) is 0.802. The lowest BCUT2D eigenvalue weighted by Gasteiger charge is -2.18. The van der Waals surface area contributed by atoms with E-state index in [0.717, 1.165) is 12.1 Å². The second kappa shape index (κ2) is 4.17. The SMILES string of the molecule is Fc1ccccc1C(CNC1CC1)C1CC1. The lowest BCUT2D eigenvalue weighted by atomic mass is 9.93. The topological polar surface area (TPSA) is 12.0 Å².